The maximum absolute atomic E-state index is 11.1. The molecule has 0 heterocycles. The Bertz CT molecular complexity index is 704. The van der Waals surface area contributed by atoms with Crippen molar-refractivity contribution in [2.24, 2.45) is 0 Å². The first-order chi connectivity index (χ1) is 11.0. The van der Waals surface area contributed by atoms with Crippen LogP contribution in [-0.2, 0) is 14.7 Å². The third kappa shape index (κ3) is 7.59. The van der Waals surface area contributed by atoms with Crippen molar-refractivity contribution in [3.63, 3.8) is 0 Å². The van der Waals surface area contributed by atoms with Crippen molar-refractivity contribution in [3.8, 4) is 5.75 Å². The molecule has 1 atom stereocenters. The van der Waals surface area contributed by atoms with Gasteiger partial charge < -0.3 is 14.5 Å². The van der Waals surface area contributed by atoms with Crippen LogP contribution in [0.4, 0.5) is 0 Å². The maximum atomic E-state index is 11.1. The molecule has 136 valence electrons. The number of aryl methyl sites for hydroxylation is 1. The van der Waals surface area contributed by atoms with Crippen LogP contribution in [0, 0.1) is 6.92 Å². The average molecular weight is 378 g/mol. The second kappa shape index (κ2) is 8.78. The first-order valence-corrected chi connectivity index (χ1v) is 10.6. The van der Waals surface area contributed by atoms with Crippen LogP contribution in [0.15, 0.2) is 35.9 Å². The molecule has 0 aromatic heterocycles. The van der Waals surface area contributed by atoms with Gasteiger partial charge in [0.25, 0.3) is 10.1 Å². The summed E-state index contributed by atoms with van der Waals surface area (Å²) >= 11 is 0. The smallest absolute Gasteiger partial charge is 0.346 e. The Morgan fingerprint density at radius 3 is 2.38 bits per heavy atom. The van der Waals surface area contributed by atoms with Crippen molar-refractivity contribution in [2.75, 3.05) is 6.61 Å². The number of hydrogen-bond donors (Lipinski definition) is 3. The van der Waals surface area contributed by atoms with Gasteiger partial charge in [0.2, 0.25) is 0 Å². The number of unbranched alkanes of at least 4 members (excludes halogenated alkanes) is 1. The molecule has 1 aromatic rings. The minimum Gasteiger partial charge on any atom is -0.489 e. The van der Waals surface area contributed by atoms with E-state index in [1.165, 1.54) is 0 Å². The van der Waals surface area contributed by atoms with E-state index in [9.17, 15) is 13.0 Å². The number of hydrogen-bond acceptors (Lipinski definition) is 4. The summed E-state index contributed by atoms with van der Waals surface area (Å²) in [7, 11) is -9.68. The van der Waals surface area contributed by atoms with E-state index in [2.05, 4.69) is 0 Å². The second-order valence-corrected chi connectivity index (χ2v) is 9.39. The van der Waals surface area contributed by atoms with Crippen LogP contribution in [-0.4, -0.2) is 34.4 Å². The summed E-state index contributed by atoms with van der Waals surface area (Å²) in [5, 5.41) is 0. The predicted molar refractivity (Wildman–Crippen MR) is 91.7 cm³/mol. The molecule has 0 fully saturated rings. The molecule has 0 saturated carbocycles. The molecule has 0 spiro atoms. The molecule has 0 aliphatic carbocycles. The number of allylic oxidation sites excluding steroid dienone is 1. The lowest BCUT2D eigenvalue weighted by molar-refractivity contribution is 0.351. The molecule has 0 saturated heterocycles. The Morgan fingerprint density at radius 2 is 1.88 bits per heavy atom. The normalized spacial score (nSPS) is 14.5. The highest BCUT2D eigenvalue weighted by Gasteiger charge is 2.38. The van der Waals surface area contributed by atoms with E-state index in [0.717, 1.165) is 16.9 Å². The van der Waals surface area contributed by atoms with E-state index in [4.69, 9.17) is 19.1 Å². The zero-order chi connectivity index (χ0) is 18.4. The van der Waals surface area contributed by atoms with Gasteiger partial charge in [0.15, 0.2) is 4.99 Å². The molecule has 0 bridgehead atoms. The minimum absolute atomic E-state index is 0.220. The molecule has 1 rings (SSSR count). The Hall–Kier alpha value is -1.18. The Balaban J connectivity index is 2.45. The summed E-state index contributed by atoms with van der Waals surface area (Å²) in [5.74, 6) is 0.737. The first-order valence-electron chi connectivity index (χ1n) is 7.37. The van der Waals surface area contributed by atoms with E-state index in [0.29, 0.717) is 13.0 Å². The van der Waals surface area contributed by atoms with Gasteiger partial charge in [-0.3, -0.25) is 9.12 Å². The number of ether oxygens (including phenoxy) is 1. The van der Waals surface area contributed by atoms with Crippen molar-refractivity contribution in [1.82, 2.24) is 0 Å². The highest BCUT2D eigenvalue weighted by Crippen LogP contribution is 2.46. The van der Waals surface area contributed by atoms with Crippen LogP contribution in [0.2, 0.25) is 0 Å². The molecular formula is C15H23O7PS. The van der Waals surface area contributed by atoms with E-state index in [1.807, 2.05) is 44.2 Å². The highest BCUT2D eigenvalue weighted by atomic mass is 32.2. The maximum Gasteiger partial charge on any atom is 0.346 e. The van der Waals surface area contributed by atoms with Gasteiger partial charge in [-0.15, -0.1) is 0 Å². The molecule has 24 heavy (non-hydrogen) atoms. The van der Waals surface area contributed by atoms with E-state index < -0.39 is 22.7 Å². The monoisotopic (exact) mass is 378 g/mol. The molecular weight excluding hydrogens is 355 g/mol. The molecule has 7 nitrogen and oxygen atoms in total. The van der Waals surface area contributed by atoms with Crippen LogP contribution in [0.5, 0.6) is 5.75 Å². The third-order valence-electron chi connectivity index (χ3n) is 3.35. The molecule has 1 unspecified atom stereocenters. The molecule has 1 aromatic carbocycles. The number of benzene rings is 1. The van der Waals surface area contributed by atoms with E-state index in [1.54, 1.807) is 0 Å². The van der Waals surface area contributed by atoms with Crippen LogP contribution in [0.25, 0.3) is 0 Å². The standard InChI is InChI=1S/C15H23O7PS/c1-12-7-9-14(10-8-12)22-11-13(2)5-3-4-6-15(23(16,17)18)24(19,20)21/h5,7-10,15H,3-4,6,11H2,1-2H3,(H2,16,17,18)(H,19,20,21). The third-order valence-corrected chi connectivity index (χ3v) is 6.91. The lowest BCUT2D eigenvalue weighted by Gasteiger charge is -2.14. The van der Waals surface area contributed by atoms with Gasteiger partial charge >= 0.3 is 7.60 Å². The van der Waals surface area contributed by atoms with Crippen molar-refractivity contribution in [1.29, 1.82) is 0 Å². The second-order valence-electron chi connectivity index (χ2n) is 5.64. The highest BCUT2D eigenvalue weighted by molar-refractivity contribution is 7.93. The van der Waals surface area contributed by atoms with Gasteiger partial charge in [-0.05, 0) is 50.8 Å². The fraction of sp³-hybridized carbons (Fsp3) is 0.467. The number of rotatable bonds is 9. The molecule has 0 aliphatic rings. The van der Waals surface area contributed by atoms with E-state index >= 15 is 0 Å². The summed E-state index contributed by atoms with van der Waals surface area (Å²) in [4.78, 5) is 15.9. The van der Waals surface area contributed by atoms with Gasteiger partial charge in [0.1, 0.15) is 12.4 Å². The lowest BCUT2D eigenvalue weighted by atomic mass is 10.2. The Labute approximate surface area is 142 Å². The van der Waals surface area contributed by atoms with Crippen molar-refractivity contribution >= 4 is 17.7 Å². The van der Waals surface area contributed by atoms with Gasteiger partial charge in [0, 0.05) is 0 Å². The van der Waals surface area contributed by atoms with Gasteiger partial charge in [-0.1, -0.05) is 23.8 Å². The fourth-order valence-corrected chi connectivity index (χ4v) is 4.39. The summed E-state index contributed by atoms with van der Waals surface area (Å²) in [6, 6.07) is 7.59. The average Bonchev–Trinajstić information content (AvgIpc) is 2.43. The summed E-state index contributed by atoms with van der Waals surface area (Å²) in [6.45, 7) is 4.19. The van der Waals surface area contributed by atoms with Gasteiger partial charge in [0.05, 0.1) is 0 Å². The topological polar surface area (TPSA) is 121 Å². The van der Waals surface area contributed by atoms with Crippen LogP contribution in [0.3, 0.4) is 0 Å². The zero-order valence-electron chi connectivity index (χ0n) is 13.6. The minimum atomic E-state index is -4.90. The molecule has 0 radical (unpaired) electrons. The molecule has 0 amide bonds. The van der Waals surface area contributed by atoms with Crippen molar-refractivity contribution < 1.29 is 32.1 Å². The molecule has 3 N–H and O–H groups in total. The first kappa shape index (κ1) is 20.9. The molecule has 0 aliphatic heterocycles. The summed E-state index contributed by atoms with van der Waals surface area (Å²) in [5.41, 5.74) is 2.04. The molecule has 9 heteroatoms. The Kier molecular flexibility index (Phi) is 7.63. The quantitative estimate of drug-likeness (QED) is 0.261. The van der Waals surface area contributed by atoms with Crippen LogP contribution in [0.1, 0.15) is 31.7 Å². The zero-order valence-corrected chi connectivity index (χ0v) is 15.3. The predicted octanol–water partition coefficient (Wildman–Crippen LogP) is 2.88. The van der Waals surface area contributed by atoms with Crippen LogP contribution < -0.4 is 4.74 Å². The fourth-order valence-electron chi connectivity index (χ4n) is 2.02. The van der Waals surface area contributed by atoms with Crippen LogP contribution >= 0.6 is 7.60 Å². The van der Waals surface area contributed by atoms with Crippen molar-refractivity contribution in [3.05, 3.63) is 41.5 Å². The van der Waals surface area contributed by atoms with E-state index in [-0.39, 0.29) is 12.8 Å². The van der Waals surface area contributed by atoms with Gasteiger partial charge in [-0.2, -0.15) is 8.42 Å². The largest absolute Gasteiger partial charge is 0.489 e. The SMILES string of the molecule is CC(=CCCCC(P(=O)(O)O)S(=O)(=O)O)COc1ccc(C)cc1. The lowest BCUT2D eigenvalue weighted by Crippen LogP contribution is -2.20. The summed E-state index contributed by atoms with van der Waals surface area (Å²) in [6.07, 6.45) is 2.15. The summed E-state index contributed by atoms with van der Waals surface area (Å²) < 4.78 is 47.6. The van der Waals surface area contributed by atoms with Crippen molar-refractivity contribution in [2.45, 2.75) is 38.1 Å². The van der Waals surface area contributed by atoms with Gasteiger partial charge in [-0.25, -0.2) is 0 Å². The Morgan fingerprint density at radius 1 is 1.29 bits per heavy atom.